The number of hydrogen-bond acceptors (Lipinski definition) is 5. The normalized spacial score (nSPS) is 11.6. The molecule has 0 saturated carbocycles. The van der Waals surface area contributed by atoms with Gasteiger partial charge in [0.15, 0.2) is 17.5 Å². The molecule has 166 valence electrons. The Balaban J connectivity index is 0.00000341. The zero-order valence-corrected chi connectivity index (χ0v) is 20.3. The first kappa shape index (κ1) is 24.6. The fraction of sp³-hybridized carbons (Fsp3) is 0.318. The Labute approximate surface area is 198 Å². The van der Waals surface area contributed by atoms with E-state index >= 15 is 0 Å². The number of nitrogens with zero attached hydrogens (tertiary/aromatic N) is 3. The van der Waals surface area contributed by atoms with Crippen LogP contribution < -0.4 is 15.4 Å². The van der Waals surface area contributed by atoms with Gasteiger partial charge in [-0.05, 0) is 29.8 Å². The van der Waals surface area contributed by atoms with Gasteiger partial charge >= 0.3 is 0 Å². The second kappa shape index (κ2) is 11.1. The van der Waals surface area contributed by atoms with E-state index in [0.717, 1.165) is 11.3 Å². The van der Waals surface area contributed by atoms with E-state index in [2.05, 4.69) is 46.4 Å². The van der Waals surface area contributed by atoms with Crippen molar-refractivity contribution < 1.29 is 13.5 Å². The summed E-state index contributed by atoms with van der Waals surface area (Å²) in [6, 6.07) is 8.26. The van der Waals surface area contributed by atoms with Crippen LogP contribution in [0.3, 0.4) is 0 Å². The van der Waals surface area contributed by atoms with Crippen LogP contribution in [0.15, 0.2) is 58.3 Å². The maximum Gasteiger partial charge on any atom is 0.213 e. The van der Waals surface area contributed by atoms with Gasteiger partial charge in [-0.2, -0.15) is 0 Å². The van der Waals surface area contributed by atoms with E-state index in [-0.39, 0.29) is 35.1 Å². The molecule has 31 heavy (non-hydrogen) atoms. The zero-order valence-electron chi connectivity index (χ0n) is 18.0. The highest BCUT2D eigenvalue weighted by Crippen LogP contribution is 2.24. The molecule has 0 saturated heterocycles. The lowest BCUT2D eigenvalue weighted by Gasteiger charge is -2.13. The van der Waals surface area contributed by atoms with Crippen molar-refractivity contribution in [3.63, 3.8) is 0 Å². The van der Waals surface area contributed by atoms with E-state index in [0.29, 0.717) is 30.7 Å². The average Bonchev–Trinajstić information content (AvgIpc) is 3.20. The Bertz CT molecular complexity index is 1000. The van der Waals surface area contributed by atoms with E-state index < -0.39 is 5.82 Å². The first-order valence-corrected chi connectivity index (χ1v) is 9.61. The van der Waals surface area contributed by atoms with Gasteiger partial charge in [0.1, 0.15) is 11.5 Å². The molecule has 0 aliphatic carbocycles. The van der Waals surface area contributed by atoms with Crippen LogP contribution in [0.25, 0.3) is 0 Å². The molecule has 0 spiro atoms. The van der Waals surface area contributed by atoms with Crippen molar-refractivity contribution in [2.75, 3.05) is 7.05 Å². The van der Waals surface area contributed by atoms with Crippen molar-refractivity contribution in [3.05, 3.63) is 72.0 Å². The number of guanidine groups is 1. The van der Waals surface area contributed by atoms with Crippen molar-refractivity contribution in [2.24, 2.45) is 4.99 Å². The summed E-state index contributed by atoms with van der Waals surface area (Å²) in [4.78, 5) is 12.4. The summed E-state index contributed by atoms with van der Waals surface area (Å²) in [5.74, 6) is 2.13. The van der Waals surface area contributed by atoms with Crippen LogP contribution in [0, 0.1) is 5.82 Å². The summed E-state index contributed by atoms with van der Waals surface area (Å²) < 4.78 is 25.6. The summed E-state index contributed by atoms with van der Waals surface area (Å²) >= 11 is 0. The highest BCUT2D eigenvalue weighted by Gasteiger charge is 2.19. The van der Waals surface area contributed by atoms with Gasteiger partial charge in [0.25, 0.3) is 0 Å². The SMILES string of the molecule is CN=C(NCc1ccc(Oc2cccnc2)c(F)c1)NCc1ncc(C(C)(C)C)o1.I. The summed E-state index contributed by atoms with van der Waals surface area (Å²) in [7, 11) is 1.66. The largest absolute Gasteiger partial charge is 0.453 e. The number of nitrogens with one attached hydrogen (secondary N) is 2. The highest BCUT2D eigenvalue weighted by molar-refractivity contribution is 14.0. The lowest BCUT2D eigenvalue weighted by molar-refractivity contribution is 0.379. The van der Waals surface area contributed by atoms with E-state index in [1.807, 2.05) is 0 Å². The van der Waals surface area contributed by atoms with Gasteiger partial charge < -0.3 is 19.8 Å². The topological polar surface area (TPSA) is 84.6 Å². The van der Waals surface area contributed by atoms with Crippen molar-refractivity contribution in [1.29, 1.82) is 0 Å². The number of aromatic nitrogens is 2. The van der Waals surface area contributed by atoms with E-state index in [1.165, 1.54) is 12.3 Å². The molecule has 3 aromatic rings. The third-order valence-corrected chi connectivity index (χ3v) is 4.24. The maximum atomic E-state index is 14.4. The lowest BCUT2D eigenvalue weighted by Crippen LogP contribution is -2.36. The average molecular weight is 539 g/mol. The molecule has 9 heteroatoms. The maximum absolute atomic E-state index is 14.4. The lowest BCUT2D eigenvalue weighted by atomic mass is 9.94. The smallest absolute Gasteiger partial charge is 0.213 e. The number of oxazole rings is 1. The van der Waals surface area contributed by atoms with Crippen LogP contribution in [0.4, 0.5) is 4.39 Å². The minimum atomic E-state index is -0.449. The Hall–Kier alpha value is -2.69. The molecule has 3 rings (SSSR count). The quantitative estimate of drug-likeness (QED) is 0.267. The zero-order chi connectivity index (χ0) is 21.6. The van der Waals surface area contributed by atoms with Gasteiger partial charge in [-0.3, -0.25) is 9.98 Å². The standard InChI is InChI=1S/C22H26FN5O2.HI/c1-22(2,3)19-13-26-20(30-19)14-28-21(24-4)27-11-15-7-8-18(17(23)10-15)29-16-6-5-9-25-12-16;/h5-10,12-13H,11,14H2,1-4H3,(H2,24,27,28);1H. The molecule has 0 aliphatic rings. The summed E-state index contributed by atoms with van der Waals surface area (Å²) in [6.07, 6.45) is 4.90. The molecule has 0 unspecified atom stereocenters. The summed E-state index contributed by atoms with van der Waals surface area (Å²) in [6.45, 7) is 6.98. The molecular weight excluding hydrogens is 512 g/mol. The molecule has 2 heterocycles. The van der Waals surface area contributed by atoms with Crippen LogP contribution in [0.2, 0.25) is 0 Å². The first-order valence-electron chi connectivity index (χ1n) is 9.61. The molecule has 0 amide bonds. The third-order valence-electron chi connectivity index (χ3n) is 4.24. The third kappa shape index (κ3) is 7.20. The number of rotatable bonds is 6. The summed E-state index contributed by atoms with van der Waals surface area (Å²) in [5.41, 5.74) is 0.655. The van der Waals surface area contributed by atoms with Gasteiger partial charge in [-0.25, -0.2) is 9.37 Å². The second-order valence-corrected chi connectivity index (χ2v) is 7.70. The summed E-state index contributed by atoms with van der Waals surface area (Å²) in [5, 5.41) is 6.28. The van der Waals surface area contributed by atoms with Crippen molar-refractivity contribution >= 4 is 29.9 Å². The number of hydrogen-bond donors (Lipinski definition) is 2. The van der Waals surface area contributed by atoms with Crippen LogP contribution in [-0.2, 0) is 18.5 Å². The van der Waals surface area contributed by atoms with E-state index in [9.17, 15) is 4.39 Å². The molecule has 0 bridgehead atoms. The molecule has 0 aliphatic heterocycles. The number of halogens is 2. The molecule has 7 nitrogen and oxygen atoms in total. The molecular formula is C22H27FIN5O2. The van der Waals surface area contributed by atoms with Gasteiger partial charge in [0, 0.05) is 25.2 Å². The Morgan fingerprint density at radius 3 is 2.55 bits per heavy atom. The minimum Gasteiger partial charge on any atom is -0.453 e. The predicted octanol–water partition coefficient (Wildman–Crippen LogP) is 4.78. The van der Waals surface area contributed by atoms with Crippen LogP contribution >= 0.6 is 24.0 Å². The molecule has 2 aromatic heterocycles. The van der Waals surface area contributed by atoms with Crippen LogP contribution in [-0.4, -0.2) is 23.0 Å². The number of benzene rings is 1. The van der Waals surface area contributed by atoms with Crippen molar-refractivity contribution in [1.82, 2.24) is 20.6 Å². The van der Waals surface area contributed by atoms with Gasteiger partial charge in [-0.1, -0.05) is 26.8 Å². The van der Waals surface area contributed by atoms with Gasteiger partial charge in [0.2, 0.25) is 5.89 Å². The Morgan fingerprint density at radius 2 is 1.94 bits per heavy atom. The minimum absolute atomic E-state index is 0. The molecule has 0 atom stereocenters. The number of ether oxygens (including phenoxy) is 1. The number of aliphatic imine (C=N–C) groups is 1. The fourth-order valence-electron chi connectivity index (χ4n) is 2.58. The fourth-order valence-corrected chi connectivity index (χ4v) is 2.58. The van der Waals surface area contributed by atoms with Gasteiger partial charge in [0.05, 0.1) is 18.9 Å². The molecule has 0 fully saturated rings. The van der Waals surface area contributed by atoms with Crippen molar-refractivity contribution in [2.45, 2.75) is 39.3 Å². The van der Waals surface area contributed by atoms with Crippen LogP contribution in [0.5, 0.6) is 11.5 Å². The molecule has 2 N–H and O–H groups in total. The highest BCUT2D eigenvalue weighted by atomic mass is 127. The van der Waals surface area contributed by atoms with E-state index in [1.54, 1.807) is 43.7 Å². The first-order chi connectivity index (χ1) is 14.3. The second-order valence-electron chi connectivity index (χ2n) is 7.70. The Morgan fingerprint density at radius 1 is 1.16 bits per heavy atom. The predicted molar refractivity (Wildman–Crippen MR) is 128 cm³/mol. The Kier molecular flexibility index (Phi) is 8.78. The van der Waals surface area contributed by atoms with Crippen LogP contribution in [0.1, 0.15) is 38.0 Å². The molecule has 1 aromatic carbocycles. The monoisotopic (exact) mass is 539 g/mol. The van der Waals surface area contributed by atoms with Gasteiger partial charge in [-0.15, -0.1) is 24.0 Å². The number of pyridine rings is 1. The van der Waals surface area contributed by atoms with Crippen molar-refractivity contribution in [3.8, 4) is 11.5 Å². The van der Waals surface area contributed by atoms with E-state index in [4.69, 9.17) is 9.15 Å². The molecule has 0 radical (unpaired) electrons.